The number of carbonyl (C=O) groups excluding carboxylic acids is 1. The first-order chi connectivity index (χ1) is 12.2. The summed E-state index contributed by atoms with van der Waals surface area (Å²) in [6.45, 7) is 4.33. The molecule has 0 spiro atoms. The predicted molar refractivity (Wildman–Crippen MR) is 96.7 cm³/mol. The Hall–Kier alpha value is -2.21. The van der Waals surface area contributed by atoms with Crippen LogP contribution in [0.5, 0.6) is 0 Å². The third-order valence-corrected chi connectivity index (χ3v) is 4.91. The van der Waals surface area contributed by atoms with Crippen molar-refractivity contribution in [1.82, 2.24) is 24.3 Å². The molecule has 0 bridgehead atoms. The minimum absolute atomic E-state index is 0.159. The van der Waals surface area contributed by atoms with Crippen LogP contribution in [0.25, 0.3) is 0 Å². The molecular formula is C19H27N5O. The second-order valence-corrected chi connectivity index (χ2v) is 6.85. The fourth-order valence-corrected chi connectivity index (χ4v) is 3.35. The van der Waals surface area contributed by atoms with E-state index in [1.807, 2.05) is 29.6 Å². The molecule has 6 nitrogen and oxygen atoms in total. The summed E-state index contributed by atoms with van der Waals surface area (Å²) in [5, 5.41) is 0. The Morgan fingerprint density at radius 1 is 1.20 bits per heavy atom. The lowest BCUT2D eigenvalue weighted by molar-refractivity contribution is -0.137. The molecule has 134 valence electrons. The monoisotopic (exact) mass is 341 g/mol. The highest BCUT2D eigenvalue weighted by Crippen LogP contribution is 2.20. The van der Waals surface area contributed by atoms with Crippen molar-refractivity contribution in [3.63, 3.8) is 0 Å². The Morgan fingerprint density at radius 2 is 1.96 bits per heavy atom. The normalized spacial score (nSPS) is 16.0. The van der Waals surface area contributed by atoms with Crippen LogP contribution in [0.15, 0.2) is 43.2 Å². The highest BCUT2D eigenvalue weighted by atomic mass is 16.2. The van der Waals surface area contributed by atoms with Gasteiger partial charge < -0.3 is 14.4 Å². The fraction of sp³-hybridized carbons (Fsp3) is 0.526. The maximum absolute atomic E-state index is 13.1. The molecule has 2 aromatic rings. The van der Waals surface area contributed by atoms with E-state index >= 15 is 0 Å². The summed E-state index contributed by atoms with van der Waals surface area (Å²) in [6.07, 6.45) is 12.0. The number of rotatable bonds is 7. The molecule has 1 aliphatic rings. The first kappa shape index (κ1) is 17.6. The number of likely N-dealkylation sites (tertiary alicyclic amines) is 1. The number of aryl methyl sites for hydroxylation is 1. The summed E-state index contributed by atoms with van der Waals surface area (Å²) in [7, 11) is 2.13. The number of imidazole rings is 1. The summed E-state index contributed by atoms with van der Waals surface area (Å²) in [6, 6.07) is 3.98. The third kappa shape index (κ3) is 5.13. The fourth-order valence-electron chi connectivity index (χ4n) is 3.35. The highest BCUT2D eigenvalue weighted by Gasteiger charge is 2.27. The number of amides is 1. The van der Waals surface area contributed by atoms with Gasteiger partial charge in [-0.25, -0.2) is 4.98 Å². The predicted octanol–water partition coefficient (Wildman–Crippen LogP) is 2.04. The van der Waals surface area contributed by atoms with E-state index in [1.54, 1.807) is 18.6 Å². The van der Waals surface area contributed by atoms with E-state index in [-0.39, 0.29) is 5.92 Å². The molecule has 6 heteroatoms. The Kier molecular flexibility index (Phi) is 6.17. The lowest BCUT2D eigenvalue weighted by atomic mass is 9.95. The van der Waals surface area contributed by atoms with Crippen molar-refractivity contribution in [2.45, 2.75) is 32.4 Å². The number of hydrogen-bond donors (Lipinski definition) is 0. The van der Waals surface area contributed by atoms with E-state index in [9.17, 15) is 4.79 Å². The van der Waals surface area contributed by atoms with E-state index < -0.39 is 0 Å². The van der Waals surface area contributed by atoms with Gasteiger partial charge in [-0.2, -0.15) is 0 Å². The lowest BCUT2D eigenvalue weighted by Crippen LogP contribution is -2.41. The summed E-state index contributed by atoms with van der Waals surface area (Å²) >= 11 is 0. The number of hydrogen-bond acceptors (Lipinski definition) is 4. The Labute approximate surface area is 149 Å². The van der Waals surface area contributed by atoms with Crippen LogP contribution in [0.3, 0.4) is 0 Å². The topological polar surface area (TPSA) is 54.3 Å². The van der Waals surface area contributed by atoms with Crippen molar-refractivity contribution in [3.8, 4) is 0 Å². The second-order valence-electron chi connectivity index (χ2n) is 6.85. The summed E-state index contributed by atoms with van der Waals surface area (Å²) < 4.78 is 2.06. The number of piperidine rings is 1. The molecule has 0 unspecified atom stereocenters. The van der Waals surface area contributed by atoms with Gasteiger partial charge in [0.2, 0.25) is 5.91 Å². The molecule has 0 aromatic carbocycles. The minimum Gasteiger partial charge on any atom is -0.338 e. The van der Waals surface area contributed by atoms with Gasteiger partial charge in [-0.05, 0) is 57.1 Å². The smallest absolute Gasteiger partial charge is 0.226 e. The molecule has 0 radical (unpaired) electrons. The number of carbonyl (C=O) groups is 1. The average molecular weight is 341 g/mol. The third-order valence-electron chi connectivity index (χ3n) is 4.91. The van der Waals surface area contributed by atoms with Crippen LogP contribution in [0.2, 0.25) is 0 Å². The molecule has 0 saturated carbocycles. The van der Waals surface area contributed by atoms with Crippen molar-refractivity contribution in [2.75, 3.05) is 26.7 Å². The molecule has 1 amide bonds. The molecule has 0 N–H and O–H groups in total. The largest absolute Gasteiger partial charge is 0.338 e. The van der Waals surface area contributed by atoms with E-state index in [0.717, 1.165) is 51.0 Å². The molecular weight excluding hydrogens is 314 g/mol. The standard InChI is InChI=1S/C19H27N5O/c1-22-12-5-18(6-13-22)19(25)24(15-17-3-7-20-8-4-17)11-2-10-23-14-9-21-16-23/h3-4,7-9,14,16,18H,2,5-6,10-13,15H2,1H3. The van der Waals surface area contributed by atoms with Gasteiger partial charge >= 0.3 is 0 Å². The summed E-state index contributed by atoms with van der Waals surface area (Å²) in [5.74, 6) is 0.460. The second kappa shape index (κ2) is 8.76. The highest BCUT2D eigenvalue weighted by molar-refractivity contribution is 5.79. The SMILES string of the molecule is CN1CCC(C(=O)N(CCCn2ccnc2)Cc2ccncc2)CC1. The maximum Gasteiger partial charge on any atom is 0.226 e. The maximum atomic E-state index is 13.1. The molecule has 25 heavy (non-hydrogen) atoms. The van der Waals surface area contributed by atoms with Gasteiger partial charge in [0.05, 0.1) is 6.33 Å². The van der Waals surface area contributed by atoms with Gasteiger partial charge in [-0.3, -0.25) is 9.78 Å². The Morgan fingerprint density at radius 3 is 2.64 bits per heavy atom. The van der Waals surface area contributed by atoms with Crippen molar-refractivity contribution in [2.24, 2.45) is 5.92 Å². The van der Waals surface area contributed by atoms with Gasteiger partial charge in [0.15, 0.2) is 0 Å². The van der Waals surface area contributed by atoms with Crippen LogP contribution in [-0.4, -0.2) is 56.9 Å². The van der Waals surface area contributed by atoms with E-state index in [4.69, 9.17) is 0 Å². The molecule has 3 heterocycles. The zero-order valence-electron chi connectivity index (χ0n) is 14.9. The molecule has 1 aliphatic heterocycles. The van der Waals surface area contributed by atoms with Crippen LogP contribution in [0.1, 0.15) is 24.8 Å². The van der Waals surface area contributed by atoms with Crippen molar-refractivity contribution >= 4 is 5.91 Å². The first-order valence-electron chi connectivity index (χ1n) is 9.04. The molecule has 0 aliphatic carbocycles. The Bertz CT molecular complexity index is 635. The van der Waals surface area contributed by atoms with Crippen LogP contribution >= 0.6 is 0 Å². The van der Waals surface area contributed by atoms with Crippen LogP contribution in [0.4, 0.5) is 0 Å². The van der Waals surface area contributed by atoms with E-state index in [1.165, 1.54) is 0 Å². The molecule has 3 rings (SSSR count). The quantitative estimate of drug-likeness (QED) is 0.773. The summed E-state index contributed by atoms with van der Waals surface area (Å²) in [4.78, 5) is 25.6. The Balaban J connectivity index is 1.61. The van der Waals surface area contributed by atoms with E-state index in [2.05, 4.69) is 26.5 Å². The van der Waals surface area contributed by atoms with Gasteiger partial charge in [-0.15, -0.1) is 0 Å². The van der Waals surface area contributed by atoms with E-state index in [0.29, 0.717) is 12.5 Å². The van der Waals surface area contributed by atoms with Gasteiger partial charge in [0.1, 0.15) is 0 Å². The number of pyridine rings is 1. The molecule has 1 saturated heterocycles. The van der Waals surface area contributed by atoms with Gasteiger partial charge in [0.25, 0.3) is 0 Å². The van der Waals surface area contributed by atoms with Crippen molar-refractivity contribution in [1.29, 1.82) is 0 Å². The molecule has 2 aromatic heterocycles. The zero-order chi connectivity index (χ0) is 17.5. The lowest BCUT2D eigenvalue weighted by Gasteiger charge is -2.32. The van der Waals surface area contributed by atoms with Crippen molar-refractivity contribution in [3.05, 3.63) is 48.8 Å². The van der Waals surface area contributed by atoms with Crippen LogP contribution < -0.4 is 0 Å². The van der Waals surface area contributed by atoms with Gasteiger partial charge in [-0.1, -0.05) is 0 Å². The summed E-state index contributed by atoms with van der Waals surface area (Å²) in [5.41, 5.74) is 1.14. The average Bonchev–Trinajstić information content (AvgIpc) is 3.15. The van der Waals surface area contributed by atoms with Crippen LogP contribution in [-0.2, 0) is 17.9 Å². The minimum atomic E-state index is 0.159. The van der Waals surface area contributed by atoms with Crippen LogP contribution in [0, 0.1) is 5.92 Å². The first-order valence-corrected chi connectivity index (χ1v) is 9.04. The molecule has 0 atom stereocenters. The molecule has 1 fully saturated rings. The zero-order valence-corrected chi connectivity index (χ0v) is 14.9. The number of nitrogens with zero attached hydrogens (tertiary/aromatic N) is 5. The van der Waals surface area contributed by atoms with Gasteiger partial charge in [0, 0.05) is 50.3 Å². The number of aromatic nitrogens is 3. The van der Waals surface area contributed by atoms with Crippen molar-refractivity contribution < 1.29 is 4.79 Å².